The zero-order valence-corrected chi connectivity index (χ0v) is 11.9. The van der Waals surface area contributed by atoms with Crippen LogP contribution in [-0.2, 0) is 9.59 Å². The Balaban J connectivity index is 1.87. The summed E-state index contributed by atoms with van der Waals surface area (Å²) in [4.78, 5) is 27.5. The molecule has 2 N–H and O–H groups in total. The molecule has 2 aliphatic rings. The molecule has 1 saturated heterocycles. The molecule has 0 spiro atoms. The molecule has 1 heterocycles. The van der Waals surface area contributed by atoms with Crippen molar-refractivity contribution in [3.05, 3.63) is 0 Å². The summed E-state index contributed by atoms with van der Waals surface area (Å²) in [5, 5.41) is 0. The molecule has 0 radical (unpaired) electrons. The molecule has 2 amide bonds. The van der Waals surface area contributed by atoms with E-state index in [1.807, 2.05) is 9.80 Å². The first kappa shape index (κ1) is 14.3. The topological polar surface area (TPSA) is 66.6 Å². The van der Waals surface area contributed by atoms with Gasteiger partial charge in [-0.15, -0.1) is 0 Å². The van der Waals surface area contributed by atoms with Crippen molar-refractivity contribution >= 4 is 11.8 Å². The van der Waals surface area contributed by atoms with Crippen LogP contribution in [0.25, 0.3) is 0 Å². The van der Waals surface area contributed by atoms with E-state index < -0.39 is 0 Å². The molecule has 19 heavy (non-hydrogen) atoms. The van der Waals surface area contributed by atoms with E-state index in [1.54, 1.807) is 6.92 Å². The Morgan fingerprint density at radius 3 is 2.21 bits per heavy atom. The van der Waals surface area contributed by atoms with E-state index in [2.05, 4.69) is 0 Å². The molecular formula is C14H25N3O2. The second-order valence-corrected chi connectivity index (χ2v) is 5.97. The molecular weight excluding hydrogens is 242 g/mol. The first-order valence-electron chi connectivity index (χ1n) is 7.30. The zero-order chi connectivity index (χ0) is 13.9. The average Bonchev–Trinajstić information content (AvgIpc) is 2.59. The maximum absolute atomic E-state index is 12.4. The molecule has 2 fully saturated rings. The van der Waals surface area contributed by atoms with E-state index >= 15 is 0 Å². The summed E-state index contributed by atoms with van der Waals surface area (Å²) in [6, 6.07) is 0. The third-order valence-electron chi connectivity index (χ3n) is 4.67. The van der Waals surface area contributed by atoms with Crippen molar-refractivity contribution in [2.75, 3.05) is 32.7 Å². The van der Waals surface area contributed by atoms with Crippen molar-refractivity contribution in [3.8, 4) is 0 Å². The van der Waals surface area contributed by atoms with Crippen molar-refractivity contribution < 1.29 is 9.59 Å². The molecule has 0 bridgehead atoms. The summed E-state index contributed by atoms with van der Waals surface area (Å²) in [5.74, 6) is 0.322. The third-order valence-corrected chi connectivity index (χ3v) is 4.67. The van der Waals surface area contributed by atoms with Gasteiger partial charge in [-0.2, -0.15) is 0 Å². The second-order valence-electron chi connectivity index (χ2n) is 5.97. The lowest BCUT2D eigenvalue weighted by Crippen LogP contribution is -2.44. The van der Waals surface area contributed by atoms with E-state index in [1.165, 1.54) is 6.42 Å². The largest absolute Gasteiger partial charge is 0.341 e. The van der Waals surface area contributed by atoms with E-state index in [0.29, 0.717) is 26.1 Å². The lowest BCUT2D eigenvalue weighted by Gasteiger charge is -2.41. The molecule has 1 aliphatic carbocycles. The molecule has 0 aromatic rings. The van der Waals surface area contributed by atoms with Crippen LogP contribution in [0.15, 0.2) is 0 Å². The minimum atomic E-state index is 0.0731. The molecule has 1 aliphatic heterocycles. The third kappa shape index (κ3) is 3.26. The monoisotopic (exact) mass is 267 g/mol. The number of nitrogens with two attached hydrogens (primary N) is 1. The molecule has 5 nitrogen and oxygen atoms in total. The van der Waals surface area contributed by atoms with Crippen LogP contribution in [0.3, 0.4) is 0 Å². The highest BCUT2D eigenvalue weighted by Gasteiger charge is 2.38. The van der Waals surface area contributed by atoms with Gasteiger partial charge in [-0.1, -0.05) is 6.42 Å². The lowest BCUT2D eigenvalue weighted by atomic mass is 9.66. The Morgan fingerprint density at radius 2 is 1.68 bits per heavy atom. The number of carbonyl (C=O) groups excluding carboxylic acids is 2. The maximum atomic E-state index is 12.4. The molecule has 0 unspecified atom stereocenters. The highest BCUT2D eigenvalue weighted by molar-refractivity contribution is 5.77. The lowest BCUT2D eigenvalue weighted by molar-refractivity contribution is -0.135. The van der Waals surface area contributed by atoms with Crippen molar-refractivity contribution in [1.82, 2.24) is 9.80 Å². The standard InChI is InChI=1S/C14H25N3O2/c1-12(18)16-6-3-7-17(9-8-16)13(19)10-14(11-15)4-2-5-14/h2-11,15H2,1H3. The summed E-state index contributed by atoms with van der Waals surface area (Å²) in [6.07, 6.45) is 4.83. The second kappa shape index (κ2) is 5.90. The van der Waals surface area contributed by atoms with Crippen LogP contribution in [-0.4, -0.2) is 54.3 Å². The van der Waals surface area contributed by atoms with Gasteiger partial charge < -0.3 is 15.5 Å². The van der Waals surface area contributed by atoms with E-state index in [4.69, 9.17) is 5.73 Å². The van der Waals surface area contributed by atoms with Gasteiger partial charge >= 0.3 is 0 Å². The van der Waals surface area contributed by atoms with Crippen LogP contribution in [0.4, 0.5) is 0 Å². The van der Waals surface area contributed by atoms with Gasteiger partial charge in [0.2, 0.25) is 11.8 Å². The van der Waals surface area contributed by atoms with Crippen LogP contribution in [0.5, 0.6) is 0 Å². The number of hydrogen-bond acceptors (Lipinski definition) is 3. The van der Waals surface area contributed by atoms with E-state index in [-0.39, 0.29) is 17.2 Å². The molecule has 0 atom stereocenters. The number of rotatable bonds is 3. The Kier molecular flexibility index (Phi) is 4.45. The van der Waals surface area contributed by atoms with E-state index in [9.17, 15) is 9.59 Å². The summed E-state index contributed by atoms with van der Waals surface area (Å²) >= 11 is 0. The van der Waals surface area contributed by atoms with Crippen molar-refractivity contribution in [1.29, 1.82) is 0 Å². The van der Waals surface area contributed by atoms with Crippen LogP contribution in [0.1, 0.15) is 39.0 Å². The number of amides is 2. The SMILES string of the molecule is CC(=O)N1CCCN(C(=O)CC2(CN)CCC2)CC1. The predicted octanol–water partition coefficient (Wildman–Crippen LogP) is 0.586. The fraction of sp³-hybridized carbons (Fsp3) is 0.857. The van der Waals surface area contributed by atoms with Crippen molar-refractivity contribution in [2.24, 2.45) is 11.1 Å². The summed E-state index contributed by atoms with van der Waals surface area (Å²) in [5.41, 5.74) is 5.89. The Labute approximate surface area is 115 Å². The smallest absolute Gasteiger partial charge is 0.223 e. The molecule has 2 rings (SSSR count). The van der Waals surface area contributed by atoms with Crippen molar-refractivity contribution in [2.45, 2.75) is 39.0 Å². The minimum Gasteiger partial charge on any atom is -0.341 e. The Hall–Kier alpha value is -1.10. The van der Waals surface area contributed by atoms with E-state index in [0.717, 1.165) is 32.4 Å². The molecule has 1 saturated carbocycles. The highest BCUT2D eigenvalue weighted by atomic mass is 16.2. The van der Waals surface area contributed by atoms with Gasteiger partial charge in [-0.25, -0.2) is 0 Å². The zero-order valence-electron chi connectivity index (χ0n) is 11.9. The average molecular weight is 267 g/mol. The Morgan fingerprint density at radius 1 is 1.05 bits per heavy atom. The van der Waals surface area contributed by atoms with Crippen LogP contribution < -0.4 is 5.73 Å². The van der Waals surface area contributed by atoms with Gasteiger partial charge in [0.25, 0.3) is 0 Å². The van der Waals surface area contributed by atoms with Gasteiger partial charge in [0.1, 0.15) is 0 Å². The summed E-state index contributed by atoms with van der Waals surface area (Å²) < 4.78 is 0. The minimum absolute atomic E-state index is 0.0731. The predicted molar refractivity (Wildman–Crippen MR) is 73.4 cm³/mol. The molecule has 5 heteroatoms. The summed E-state index contributed by atoms with van der Waals surface area (Å²) in [6.45, 7) is 5.07. The first-order chi connectivity index (χ1) is 9.06. The van der Waals surface area contributed by atoms with Crippen LogP contribution >= 0.6 is 0 Å². The van der Waals surface area contributed by atoms with Crippen molar-refractivity contribution in [3.63, 3.8) is 0 Å². The van der Waals surface area contributed by atoms with Gasteiger partial charge in [-0.05, 0) is 31.2 Å². The van der Waals surface area contributed by atoms with Gasteiger partial charge in [0, 0.05) is 39.5 Å². The normalized spacial score (nSPS) is 22.6. The number of carbonyl (C=O) groups is 2. The number of hydrogen-bond donors (Lipinski definition) is 1. The highest BCUT2D eigenvalue weighted by Crippen LogP contribution is 2.43. The maximum Gasteiger partial charge on any atom is 0.223 e. The molecule has 108 valence electrons. The fourth-order valence-electron chi connectivity index (χ4n) is 3.04. The van der Waals surface area contributed by atoms with Gasteiger partial charge in [0.15, 0.2) is 0 Å². The molecule has 0 aromatic carbocycles. The van der Waals surface area contributed by atoms with Gasteiger partial charge in [-0.3, -0.25) is 9.59 Å². The van der Waals surface area contributed by atoms with Crippen LogP contribution in [0, 0.1) is 5.41 Å². The quantitative estimate of drug-likeness (QED) is 0.813. The van der Waals surface area contributed by atoms with Gasteiger partial charge in [0.05, 0.1) is 0 Å². The molecule has 0 aromatic heterocycles. The summed E-state index contributed by atoms with van der Waals surface area (Å²) in [7, 11) is 0. The Bertz CT molecular complexity index is 347. The first-order valence-corrected chi connectivity index (χ1v) is 7.30. The number of nitrogens with zero attached hydrogens (tertiary/aromatic N) is 2. The van der Waals surface area contributed by atoms with Crippen LogP contribution in [0.2, 0.25) is 0 Å². The fourth-order valence-corrected chi connectivity index (χ4v) is 3.04.